The van der Waals surface area contributed by atoms with Gasteiger partial charge in [0.2, 0.25) is 5.91 Å². The number of ether oxygens (including phenoxy) is 1. The summed E-state index contributed by atoms with van der Waals surface area (Å²) in [5.74, 6) is 2.62. The third-order valence-electron chi connectivity index (χ3n) is 6.08. The molecule has 3 heterocycles. The van der Waals surface area contributed by atoms with Crippen LogP contribution in [0, 0.1) is 17.8 Å². The smallest absolute Gasteiger partial charge is 0.226 e. The van der Waals surface area contributed by atoms with Gasteiger partial charge in [-0.1, -0.05) is 24.3 Å². The first-order chi connectivity index (χ1) is 12.8. The van der Waals surface area contributed by atoms with E-state index in [2.05, 4.69) is 29.2 Å². The molecule has 136 valence electrons. The van der Waals surface area contributed by atoms with Crippen LogP contribution in [0.1, 0.15) is 5.56 Å². The van der Waals surface area contributed by atoms with Crippen LogP contribution in [0.15, 0.2) is 47.1 Å². The summed E-state index contributed by atoms with van der Waals surface area (Å²) in [7, 11) is 0. The van der Waals surface area contributed by atoms with Crippen LogP contribution in [0.3, 0.4) is 0 Å². The Balaban J connectivity index is 1.22. The maximum atomic E-state index is 12.7. The van der Waals surface area contributed by atoms with Crippen LogP contribution in [0.4, 0.5) is 0 Å². The zero-order valence-electron chi connectivity index (χ0n) is 14.8. The third kappa shape index (κ3) is 2.85. The van der Waals surface area contributed by atoms with E-state index in [0.29, 0.717) is 31.0 Å². The number of fused-ring (bicyclic) bond motifs is 1. The Morgan fingerprint density at radius 1 is 1.04 bits per heavy atom. The van der Waals surface area contributed by atoms with E-state index in [1.807, 2.05) is 17.0 Å². The number of likely N-dealkylation sites (tertiary alicyclic amines) is 1. The highest BCUT2D eigenvalue weighted by atomic mass is 16.5. The number of carbonyl (C=O) groups excluding carboxylic acids is 1. The van der Waals surface area contributed by atoms with Crippen molar-refractivity contribution in [3.63, 3.8) is 0 Å². The SMILES string of the molecule is O=C(C1[C@H]2CN(Cc3ccccc3-c3ccco3)C[C@@H]12)N1CCOCC1. The Morgan fingerprint density at radius 2 is 1.81 bits per heavy atom. The molecule has 1 aromatic carbocycles. The molecule has 3 fully saturated rings. The van der Waals surface area contributed by atoms with Gasteiger partial charge < -0.3 is 14.1 Å². The van der Waals surface area contributed by atoms with Gasteiger partial charge in [0.05, 0.1) is 19.5 Å². The van der Waals surface area contributed by atoms with E-state index in [1.165, 1.54) is 11.1 Å². The van der Waals surface area contributed by atoms with Gasteiger partial charge in [0.15, 0.2) is 0 Å². The van der Waals surface area contributed by atoms with E-state index < -0.39 is 0 Å². The molecule has 0 bridgehead atoms. The first-order valence-electron chi connectivity index (χ1n) is 9.52. The van der Waals surface area contributed by atoms with Gasteiger partial charge in [-0.2, -0.15) is 0 Å². The van der Waals surface area contributed by atoms with Crippen molar-refractivity contribution >= 4 is 5.91 Å². The molecule has 1 amide bonds. The highest BCUT2D eigenvalue weighted by molar-refractivity contribution is 5.82. The van der Waals surface area contributed by atoms with Crippen molar-refractivity contribution in [2.24, 2.45) is 17.8 Å². The molecule has 2 aromatic rings. The molecule has 26 heavy (non-hydrogen) atoms. The van der Waals surface area contributed by atoms with Gasteiger partial charge in [-0.05, 0) is 29.5 Å². The van der Waals surface area contributed by atoms with Crippen molar-refractivity contribution < 1.29 is 13.9 Å². The van der Waals surface area contributed by atoms with E-state index in [9.17, 15) is 4.79 Å². The number of hydrogen-bond acceptors (Lipinski definition) is 4. The molecule has 1 saturated carbocycles. The van der Waals surface area contributed by atoms with Crippen molar-refractivity contribution in [3.8, 4) is 11.3 Å². The molecule has 5 nitrogen and oxygen atoms in total. The lowest BCUT2D eigenvalue weighted by Crippen LogP contribution is -2.43. The topological polar surface area (TPSA) is 45.9 Å². The van der Waals surface area contributed by atoms with Crippen LogP contribution < -0.4 is 0 Å². The number of carbonyl (C=O) groups is 1. The number of benzene rings is 1. The summed E-state index contributed by atoms with van der Waals surface area (Å²) in [5.41, 5.74) is 2.46. The van der Waals surface area contributed by atoms with Gasteiger partial charge in [-0.15, -0.1) is 0 Å². The standard InChI is InChI=1S/C21H24N2O3/c24-21(23-7-10-25-11-8-23)20-17-13-22(14-18(17)20)12-15-4-1-2-5-16(15)19-6-3-9-26-19/h1-6,9,17-18,20H,7-8,10-14H2/t17-,18+,20?. The van der Waals surface area contributed by atoms with E-state index in [4.69, 9.17) is 9.15 Å². The zero-order valence-corrected chi connectivity index (χ0v) is 14.8. The highest BCUT2D eigenvalue weighted by Crippen LogP contribution is 2.53. The minimum Gasteiger partial charge on any atom is -0.464 e. The molecule has 5 rings (SSSR count). The molecule has 2 aliphatic heterocycles. The van der Waals surface area contributed by atoms with Gasteiger partial charge in [0.25, 0.3) is 0 Å². The molecule has 1 unspecified atom stereocenters. The molecule has 5 heteroatoms. The summed E-state index contributed by atoms with van der Waals surface area (Å²) < 4.78 is 11.0. The summed E-state index contributed by atoms with van der Waals surface area (Å²) in [4.78, 5) is 17.2. The van der Waals surface area contributed by atoms with Crippen LogP contribution in [0.2, 0.25) is 0 Å². The van der Waals surface area contributed by atoms with Crippen LogP contribution in [0.5, 0.6) is 0 Å². The molecule has 0 N–H and O–H groups in total. The maximum Gasteiger partial charge on any atom is 0.226 e. The van der Waals surface area contributed by atoms with Gasteiger partial charge in [0, 0.05) is 44.2 Å². The van der Waals surface area contributed by atoms with E-state index in [-0.39, 0.29) is 5.92 Å². The molecular formula is C21H24N2O3. The molecule has 3 aliphatic rings. The predicted molar refractivity (Wildman–Crippen MR) is 97.3 cm³/mol. The van der Waals surface area contributed by atoms with Crippen molar-refractivity contribution in [2.45, 2.75) is 6.54 Å². The lowest BCUT2D eigenvalue weighted by atomic mass is 10.0. The van der Waals surface area contributed by atoms with Gasteiger partial charge in [0.1, 0.15) is 5.76 Å². The molecule has 1 aromatic heterocycles. The number of amides is 1. The third-order valence-corrected chi connectivity index (χ3v) is 6.08. The molecular weight excluding hydrogens is 328 g/mol. The largest absolute Gasteiger partial charge is 0.464 e. The second-order valence-electron chi connectivity index (χ2n) is 7.62. The molecule has 2 saturated heterocycles. The monoisotopic (exact) mass is 352 g/mol. The minimum atomic E-state index is 0.254. The van der Waals surface area contributed by atoms with Crippen LogP contribution in [-0.2, 0) is 16.1 Å². The number of hydrogen-bond donors (Lipinski definition) is 0. The van der Waals surface area contributed by atoms with Gasteiger partial charge in [-0.3, -0.25) is 9.69 Å². The first-order valence-corrected chi connectivity index (χ1v) is 9.52. The fourth-order valence-corrected chi connectivity index (χ4v) is 4.67. The summed E-state index contributed by atoms with van der Waals surface area (Å²) >= 11 is 0. The average molecular weight is 352 g/mol. The van der Waals surface area contributed by atoms with Crippen molar-refractivity contribution in [2.75, 3.05) is 39.4 Å². The average Bonchev–Trinajstić information content (AvgIpc) is 3.07. The Labute approximate surface area is 153 Å². The van der Waals surface area contributed by atoms with Crippen LogP contribution in [-0.4, -0.2) is 55.1 Å². The van der Waals surface area contributed by atoms with Crippen molar-refractivity contribution in [1.82, 2.24) is 9.80 Å². The Hall–Kier alpha value is -2.11. The van der Waals surface area contributed by atoms with Crippen LogP contribution in [0.25, 0.3) is 11.3 Å². The van der Waals surface area contributed by atoms with Gasteiger partial charge >= 0.3 is 0 Å². The second-order valence-corrected chi connectivity index (χ2v) is 7.62. The first kappa shape index (κ1) is 16.1. The molecule has 1 aliphatic carbocycles. The maximum absolute atomic E-state index is 12.7. The summed E-state index contributed by atoms with van der Waals surface area (Å²) in [5, 5.41) is 0. The quantitative estimate of drug-likeness (QED) is 0.848. The zero-order chi connectivity index (χ0) is 17.5. The minimum absolute atomic E-state index is 0.254. The second kappa shape index (κ2) is 6.56. The summed E-state index contributed by atoms with van der Waals surface area (Å²) in [6.07, 6.45) is 1.72. The highest BCUT2D eigenvalue weighted by Gasteiger charge is 2.60. The Kier molecular flexibility index (Phi) is 4.06. The number of furan rings is 1. The summed E-state index contributed by atoms with van der Waals surface area (Å²) in [6, 6.07) is 12.4. The molecule has 0 radical (unpaired) electrons. The van der Waals surface area contributed by atoms with Crippen molar-refractivity contribution in [3.05, 3.63) is 48.2 Å². The molecule has 3 atom stereocenters. The predicted octanol–water partition coefficient (Wildman–Crippen LogP) is 2.48. The number of piperidine rings is 1. The van der Waals surface area contributed by atoms with Gasteiger partial charge in [-0.25, -0.2) is 0 Å². The Morgan fingerprint density at radius 3 is 2.54 bits per heavy atom. The summed E-state index contributed by atoms with van der Waals surface area (Å²) in [6.45, 7) is 5.86. The lowest BCUT2D eigenvalue weighted by molar-refractivity contribution is -0.137. The number of nitrogens with zero attached hydrogens (tertiary/aromatic N) is 2. The van der Waals surface area contributed by atoms with E-state index in [0.717, 1.165) is 38.5 Å². The number of rotatable bonds is 4. The fraction of sp³-hybridized carbons (Fsp3) is 0.476. The Bertz CT molecular complexity index is 770. The molecule has 0 spiro atoms. The fourth-order valence-electron chi connectivity index (χ4n) is 4.67. The number of morpholine rings is 1. The van der Waals surface area contributed by atoms with E-state index >= 15 is 0 Å². The lowest BCUT2D eigenvalue weighted by Gasteiger charge is -2.28. The normalized spacial score (nSPS) is 28.2. The van der Waals surface area contributed by atoms with Crippen molar-refractivity contribution in [1.29, 1.82) is 0 Å². The van der Waals surface area contributed by atoms with Crippen LogP contribution >= 0.6 is 0 Å². The van der Waals surface area contributed by atoms with E-state index in [1.54, 1.807) is 6.26 Å².